The summed E-state index contributed by atoms with van der Waals surface area (Å²) in [6.45, 7) is 2.56. The largest absolute Gasteiger partial charge is 0.370 e. The van der Waals surface area contributed by atoms with Crippen molar-refractivity contribution in [3.63, 3.8) is 0 Å². The second-order valence-electron chi connectivity index (χ2n) is 7.41. The van der Waals surface area contributed by atoms with E-state index in [0.29, 0.717) is 22.8 Å². The van der Waals surface area contributed by atoms with Crippen LogP contribution >= 0.6 is 23.1 Å². The number of aromatic nitrogens is 4. The van der Waals surface area contributed by atoms with Gasteiger partial charge in [0.25, 0.3) is 0 Å². The highest BCUT2D eigenvalue weighted by Gasteiger charge is 2.30. The van der Waals surface area contributed by atoms with Gasteiger partial charge in [-0.25, -0.2) is 4.98 Å². The van der Waals surface area contributed by atoms with Crippen LogP contribution in [0.1, 0.15) is 43.5 Å². The van der Waals surface area contributed by atoms with Gasteiger partial charge in [-0.05, 0) is 24.8 Å². The normalized spacial score (nSPS) is 13.3. The number of primary amides is 1. The predicted octanol–water partition coefficient (Wildman–Crippen LogP) is 3.45. The Bertz CT molecular complexity index is 1070. The van der Waals surface area contributed by atoms with Crippen LogP contribution in [0, 0.1) is 0 Å². The van der Waals surface area contributed by atoms with E-state index >= 15 is 0 Å². The number of thioether (sulfide) groups is 1. The second-order valence-corrected chi connectivity index (χ2v) is 9.21. The molecule has 1 aliphatic carbocycles. The van der Waals surface area contributed by atoms with Crippen LogP contribution in [0.25, 0.3) is 11.3 Å². The van der Waals surface area contributed by atoms with Gasteiger partial charge in [-0.1, -0.05) is 43.0 Å². The number of thiazole rings is 1. The zero-order valence-electron chi connectivity index (χ0n) is 17.2. The Morgan fingerprint density at radius 2 is 2.03 bits per heavy atom. The zero-order chi connectivity index (χ0) is 21.8. The van der Waals surface area contributed by atoms with Crippen LogP contribution in [0.2, 0.25) is 0 Å². The molecule has 2 amide bonds. The minimum absolute atomic E-state index is 0.162. The van der Waals surface area contributed by atoms with Gasteiger partial charge >= 0.3 is 0 Å². The van der Waals surface area contributed by atoms with Gasteiger partial charge in [0.15, 0.2) is 10.3 Å². The molecule has 1 aromatic carbocycles. The molecule has 3 N–H and O–H groups in total. The number of nitrogens with one attached hydrogen (secondary N) is 1. The average Bonchev–Trinajstić information content (AvgIpc) is 3.37. The highest BCUT2D eigenvalue weighted by Crippen LogP contribution is 2.40. The number of nitrogens with zero attached hydrogens (tertiary/aromatic N) is 4. The van der Waals surface area contributed by atoms with E-state index in [1.165, 1.54) is 28.7 Å². The summed E-state index contributed by atoms with van der Waals surface area (Å²) in [4.78, 5) is 28.2. The molecule has 0 unspecified atom stereocenters. The van der Waals surface area contributed by atoms with E-state index in [1.54, 1.807) is 0 Å². The summed E-state index contributed by atoms with van der Waals surface area (Å²) in [6.07, 6.45) is 3.37. The first kappa shape index (κ1) is 21.5. The van der Waals surface area contributed by atoms with Crippen molar-refractivity contribution in [1.82, 2.24) is 19.7 Å². The maximum absolute atomic E-state index is 12.4. The maximum Gasteiger partial charge on any atom is 0.236 e. The molecule has 31 heavy (non-hydrogen) atoms. The van der Waals surface area contributed by atoms with Gasteiger partial charge in [0.1, 0.15) is 5.82 Å². The van der Waals surface area contributed by atoms with E-state index in [-0.39, 0.29) is 24.0 Å². The number of nitrogens with two attached hydrogens (primary N) is 1. The molecule has 2 heterocycles. The summed E-state index contributed by atoms with van der Waals surface area (Å²) in [7, 11) is 0. The molecule has 1 saturated carbocycles. The second kappa shape index (κ2) is 9.61. The molecule has 4 rings (SSSR count). The van der Waals surface area contributed by atoms with Crippen molar-refractivity contribution in [2.24, 2.45) is 5.73 Å². The Hall–Kier alpha value is -2.72. The summed E-state index contributed by atoms with van der Waals surface area (Å²) in [6, 6.07) is 8.28. The Morgan fingerprint density at radius 1 is 1.26 bits per heavy atom. The molecule has 0 bridgehead atoms. The number of carbonyl (C=O) groups excluding carboxylic acids is 2. The molecule has 0 radical (unpaired) electrons. The quantitative estimate of drug-likeness (QED) is 0.452. The van der Waals surface area contributed by atoms with Crippen molar-refractivity contribution in [2.45, 2.75) is 50.2 Å². The number of carbonyl (C=O) groups is 2. The van der Waals surface area contributed by atoms with Gasteiger partial charge in [0.05, 0.1) is 11.4 Å². The van der Waals surface area contributed by atoms with Crippen LogP contribution in [0.4, 0.5) is 5.13 Å². The molecule has 0 aliphatic heterocycles. The molecule has 0 atom stereocenters. The highest BCUT2D eigenvalue weighted by atomic mass is 32.2. The van der Waals surface area contributed by atoms with Crippen LogP contribution in [0.5, 0.6) is 0 Å². The number of rotatable bonds is 10. The Kier molecular flexibility index (Phi) is 6.67. The third kappa shape index (κ3) is 5.50. The molecular weight excluding hydrogens is 432 g/mol. The van der Waals surface area contributed by atoms with Gasteiger partial charge in [-0.3, -0.25) is 9.59 Å². The predicted molar refractivity (Wildman–Crippen MR) is 122 cm³/mol. The Morgan fingerprint density at radius 3 is 2.71 bits per heavy atom. The fourth-order valence-corrected chi connectivity index (χ4v) is 4.65. The van der Waals surface area contributed by atoms with E-state index in [4.69, 9.17) is 5.73 Å². The fraction of sp³-hybridized carbons (Fsp3) is 0.381. The number of hydrogen-bond acceptors (Lipinski definition) is 7. The number of anilines is 1. The van der Waals surface area contributed by atoms with E-state index in [2.05, 4.69) is 39.6 Å². The molecule has 10 heteroatoms. The Balaban J connectivity index is 1.35. The smallest absolute Gasteiger partial charge is 0.236 e. The van der Waals surface area contributed by atoms with Crippen molar-refractivity contribution in [3.05, 3.63) is 41.0 Å². The number of hydrogen-bond donors (Lipinski definition) is 2. The lowest BCUT2D eigenvalue weighted by molar-refractivity contribution is -0.118. The highest BCUT2D eigenvalue weighted by molar-refractivity contribution is 7.99. The van der Waals surface area contributed by atoms with Gasteiger partial charge in [-0.2, -0.15) is 0 Å². The molecule has 0 saturated heterocycles. The fourth-order valence-electron chi connectivity index (χ4n) is 3.14. The standard InChI is InChI=1S/C21H24N6O2S2/c1-2-13-3-5-14(6-4-13)16-11-30-20(23-16)24-18(29)12-31-21-26-25-19(15-7-8-15)27(21)10-9-17(22)28/h3-6,11,15H,2,7-10,12H2,1H3,(H2,22,28)(H,23,24,29). The van der Waals surface area contributed by atoms with Crippen molar-refractivity contribution < 1.29 is 9.59 Å². The molecule has 2 aromatic heterocycles. The van der Waals surface area contributed by atoms with E-state index in [1.807, 2.05) is 22.1 Å². The minimum atomic E-state index is -0.368. The number of aryl methyl sites for hydroxylation is 1. The lowest BCUT2D eigenvalue weighted by Gasteiger charge is -2.08. The summed E-state index contributed by atoms with van der Waals surface area (Å²) in [5.74, 6) is 0.920. The first-order valence-electron chi connectivity index (χ1n) is 10.2. The van der Waals surface area contributed by atoms with Gasteiger partial charge < -0.3 is 15.6 Å². The third-order valence-corrected chi connectivity index (χ3v) is 6.74. The average molecular weight is 457 g/mol. The van der Waals surface area contributed by atoms with Crippen molar-refractivity contribution in [3.8, 4) is 11.3 Å². The van der Waals surface area contributed by atoms with Gasteiger partial charge in [0.2, 0.25) is 11.8 Å². The number of benzene rings is 1. The first-order chi connectivity index (χ1) is 15.0. The van der Waals surface area contributed by atoms with Crippen LogP contribution in [-0.4, -0.2) is 37.3 Å². The molecule has 8 nitrogen and oxygen atoms in total. The topological polar surface area (TPSA) is 116 Å². The Labute approximate surface area is 188 Å². The van der Waals surface area contributed by atoms with Crippen LogP contribution < -0.4 is 11.1 Å². The molecule has 1 fully saturated rings. The molecular formula is C21H24N6O2S2. The summed E-state index contributed by atoms with van der Waals surface area (Å²) < 4.78 is 1.92. The summed E-state index contributed by atoms with van der Waals surface area (Å²) >= 11 is 2.70. The molecule has 0 spiro atoms. The SMILES string of the molecule is CCc1ccc(-c2csc(NC(=O)CSc3nnc(C4CC4)n3CCC(N)=O)n2)cc1. The number of amides is 2. The van der Waals surface area contributed by atoms with E-state index in [0.717, 1.165) is 36.3 Å². The maximum atomic E-state index is 12.4. The zero-order valence-corrected chi connectivity index (χ0v) is 18.8. The van der Waals surface area contributed by atoms with Crippen LogP contribution in [-0.2, 0) is 22.6 Å². The van der Waals surface area contributed by atoms with Crippen LogP contribution in [0.15, 0.2) is 34.8 Å². The first-order valence-corrected chi connectivity index (χ1v) is 12.1. The van der Waals surface area contributed by atoms with Crippen molar-refractivity contribution in [2.75, 3.05) is 11.1 Å². The molecule has 3 aromatic rings. The van der Waals surface area contributed by atoms with Gasteiger partial charge in [0, 0.05) is 29.8 Å². The van der Waals surface area contributed by atoms with Crippen LogP contribution in [0.3, 0.4) is 0 Å². The third-order valence-electron chi connectivity index (χ3n) is 5.01. The lowest BCUT2D eigenvalue weighted by Crippen LogP contribution is -2.17. The lowest BCUT2D eigenvalue weighted by atomic mass is 10.1. The monoisotopic (exact) mass is 456 g/mol. The summed E-state index contributed by atoms with van der Waals surface area (Å²) in [5, 5.41) is 14.5. The minimum Gasteiger partial charge on any atom is -0.370 e. The van der Waals surface area contributed by atoms with Crippen molar-refractivity contribution >= 4 is 40.0 Å². The summed E-state index contributed by atoms with van der Waals surface area (Å²) in [5.41, 5.74) is 8.44. The van der Waals surface area contributed by atoms with Crippen molar-refractivity contribution in [1.29, 1.82) is 0 Å². The van der Waals surface area contributed by atoms with E-state index < -0.39 is 0 Å². The molecule has 1 aliphatic rings. The van der Waals surface area contributed by atoms with E-state index in [9.17, 15) is 9.59 Å². The molecule has 162 valence electrons. The van der Waals surface area contributed by atoms with Gasteiger partial charge in [-0.15, -0.1) is 21.5 Å².